The van der Waals surface area contributed by atoms with Crippen LogP contribution in [0.3, 0.4) is 0 Å². The van der Waals surface area contributed by atoms with Gasteiger partial charge < -0.3 is 9.84 Å². The van der Waals surface area contributed by atoms with Crippen LogP contribution >= 0.6 is 0 Å². The van der Waals surface area contributed by atoms with Crippen molar-refractivity contribution in [1.82, 2.24) is 0 Å². The van der Waals surface area contributed by atoms with Crippen LogP contribution in [0.2, 0.25) is 0 Å². The van der Waals surface area contributed by atoms with E-state index >= 15 is 0 Å². The summed E-state index contributed by atoms with van der Waals surface area (Å²) >= 11 is 0. The number of carbonyl (C=O) groups excluding carboxylic acids is 1. The molecule has 1 saturated carbocycles. The van der Waals surface area contributed by atoms with Crippen LogP contribution in [-0.2, 0) is 9.53 Å². The van der Waals surface area contributed by atoms with E-state index in [0.29, 0.717) is 5.92 Å². The Labute approximate surface area is 154 Å². The Hall–Kier alpha value is -1.25. The standard InChI is InChI=1S/C18H26F6O3/c1-12(2)8-4-5-9-13(3)14(25)27-15(10-6-7-11-15)16(26,17(19,20)21)18(22,23)24/h4-5,12-13,26H,6-11H2,1-3H3/b5-4-. The molecule has 0 aromatic heterocycles. The summed E-state index contributed by atoms with van der Waals surface area (Å²) < 4.78 is 84.6. The SMILES string of the molecule is CC(C)C/C=C\CC(C)C(=O)OC1(C(O)(C(F)(F)F)C(F)(F)F)CCCC1. The van der Waals surface area contributed by atoms with Gasteiger partial charge in [-0.1, -0.05) is 32.9 Å². The fourth-order valence-electron chi connectivity index (χ4n) is 3.22. The Kier molecular flexibility index (Phi) is 7.41. The highest BCUT2D eigenvalue weighted by molar-refractivity contribution is 5.73. The van der Waals surface area contributed by atoms with E-state index in [2.05, 4.69) is 0 Å². The molecule has 158 valence electrons. The van der Waals surface area contributed by atoms with Gasteiger partial charge in [-0.3, -0.25) is 4.79 Å². The molecular weight excluding hydrogens is 378 g/mol. The molecule has 1 N–H and O–H groups in total. The molecule has 1 fully saturated rings. The van der Waals surface area contributed by atoms with Gasteiger partial charge >= 0.3 is 18.3 Å². The molecule has 0 radical (unpaired) electrons. The predicted molar refractivity (Wildman–Crippen MR) is 86.7 cm³/mol. The van der Waals surface area contributed by atoms with Crippen molar-refractivity contribution in [3.63, 3.8) is 0 Å². The lowest BCUT2D eigenvalue weighted by Gasteiger charge is -2.45. The number of allylic oxidation sites excluding steroid dienone is 2. The minimum Gasteiger partial charge on any atom is -0.455 e. The van der Waals surface area contributed by atoms with Crippen molar-refractivity contribution < 1.29 is 41.0 Å². The summed E-state index contributed by atoms with van der Waals surface area (Å²) in [4.78, 5) is 12.2. The molecule has 1 aliphatic rings. The highest BCUT2D eigenvalue weighted by Crippen LogP contribution is 2.56. The predicted octanol–water partition coefficient (Wildman–Crippen LogP) is 5.33. The second kappa shape index (κ2) is 8.41. The van der Waals surface area contributed by atoms with Crippen LogP contribution in [0.1, 0.15) is 59.3 Å². The maximum atomic E-state index is 13.3. The van der Waals surface area contributed by atoms with Gasteiger partial charge in [0.05, 0.1) is 5.92 Å². The molecule has 0 aliphatic heterocycles. The number of esters is 1. The van der Waals surface area contributed by atoms with Crippen molar-refractivity contribution in [2.75, 3.05) is 0 Å². The maximum absolute atomic E-state index is 13.3. The normalized spacial score (nSPS) is 19.7. The Balaban J connectivity index is 3.06. The molecule has 1 unspecified atom stereocenters. The number of rotatable bonds is 7. The Morgan fingerprint density at radius 3 is 1.85 bits per heavy atom. The molecule has 0 saturated heterocycles. The first-order chi connectivity index (χ1) is 12.2. The Bertz CT molecular complexity index is 516. The fraction of sp³-hybridized carbons (Fsp3) is 0.833. The van der Waals surface area contributed by atoms with Crippen LogP contribution in [0.25, 0.3) is 0 Å². The molecule has 27 heavy (non-hydrogen) atoms. The third-order valence-corrected chi connectivity index (χ3v) is 4.85. The Morgan fingerprint density at radius 1 is 1.00 bits per heavy atom. The van der Waals surface area contributed by atoms with Crippen molar-refractivity contribution in [3.8, 4) is 0 Å². The maximum Gasteiger partial charge on any atom is 0.430 e. The van der Waals surface area contributed by atoms with E-state index in [1.807, 2.05) is 13.8 Å². The number of ether oxygens (including phenoxy) is 1. The lowest BCUT2D eigenvalue weighted by molar-refractivity contribution is -0.412. The molecule has 1 atom stereocenters. The summed E-state index contributed by atoms with van der Waals surface area (Å²) in [5.74, 6) is -1.74. The molecule has 9 heteroatoms. The first-order valence-corrected chi connectivity index (χ1v) is 8.91. The fourth-order valence-corrected chi connectivity index (χ4v) is 3.22. The van der Waals surface area contributed by atoms with Crippen LogP contribution in [0.5, 0.6) is 0 Å². The van der Waals surface area contributed by atoms with E-state index in [1.54, 1.807) is 12.2 Å². The number of hydrogen-bond donors (Lipinski definition) is 1. The average molecular weight is 404 g/mol. The topological polar surface area (TPSA) is 46.5 Å². The van der Waals surface area contributed by atoms with Gasteiger partial charge in [0, 0.05) is 0 Å². The van der Waals surface area contributed by atoms with Crippen molar-refractivity contribution in [3.05, 3.63) is 12.2 Å². The van der Waals surface area contributed by atoms with Crippen molar-refractivity contribution in [2.24, 2.45) is 11.8 Å². The molecule has 0 heterocycles. The van der Waals surface area contributed by atoms with Crippen molar-refractivity contribution in [2.45, 2.75) is 82.9 Å². The molecule has 0 aromatic carbocycles. The molecule has 0 bridgehead atoms. The van der Waals surface area contributed by atoms with Gasteiger partial charge in [0.1, 0.15) is 0 Å². The minimum absolute atomic E-state index is 0.00950. The van der Waals surface area contributed by atoms with Gasteiger partial charge in [-0.2, -0.15) is 26.3 Å². The molecule has 3 nitrogen and oxygen atoms in total. The summed E-state index contributed by atoms with van der Waals surface area (Å²) in [6.07, 6.45) is -9.20. The van der Waals surface area contributed by atoms with E-state index in [9.17, 15) is 36.2 Å². The van der Waals surface area contributed by atoms with E-state index < -0.39 is 48.3 Å². The Morgan fingerprint density at radius 2 is 1.44 bits per heavy atom. The molecule has 0 spiro atoms. The summed E-state index contributed by atoms with van der Waals surface area (Å²) in [5, 5.41) is 9.80. The molecule has 0 aromatic rings. The second-order valence-electron chi connectivity index (χ2n) is 7.57. The number of carbonyl (C=O) groups is 1. The number of halogens is 6. The van der Waals surface area contributed by atoms with Gasteiger partial charge in [-0.25, -0.2) is 0 Å². The molecular formula is C18H26F6O3. The van der Waals surface area contributed by atoms with E-state index in [1.165, 1.54) is 6.92 Å². The number of alkyl halides is 6. The molecule has 1 aliphatic carbocycles. The van der Waals surface area contributed by atoms with Gasteiger partial charge in [0.15, 0.2) is 5.60 Å². The summed E-state index contributed by atoms with van der Waals surface area (Å²) in [6, 6.07) is 0. The highest BCUT2D eigenvalue weighted by Gasteiger charge is 2.81. The number of hydrogen-bond acceptors (Lipinski definition) is 3. The smallest absolute Gasteiger partial charge is 0.430 e. The van der Waals surface area contributed by atoms with Crippen LogP contribution in [0.4, 0.5) is 26.3 Å². The second-order valence-corrected chi connectivity index (χ2v) is 7.57. The van der Waals surface area contributed by atoms with Gasteiger partial charge in [0.25, 0.3) is 5.60 Å². The van der Waals surface area contributed by atoms with Crippen LogP contribution in [0.15, 0.2) is 12.2 Å². The van der Waals surface area contributed by atoms with Crippen LogP contribution in [-0.4, -0.2) is 34.6 Å². The lowest BCUT2D eigenvalue weighted by Crippen LogP contribution is -2.71. The zero-order chi connectivity index (χ0) is 21.1. The molecule has 0 amide bonds. The van der Waals surface area contributed by atoms with E-state index in [0.717, 1.165) is 6.42 Å². The average Bonchev–Trinajstić information content (AvgIpc) is 2.97. The van der Waals surface area contributed by atoms with E-state index in [4.69, 9.17) is 4.74 Å². The van der Waals surface area contributed by atoms with Crippen LogP contribution < -0.4 is 0 Å². The third kappa shape index (κ3) is 4.97. The summed E-state index contributed by atoms with van der Waals surface area (Å²) in [5.41, 5.74) is -8.16. The van der Waals surface area contributed by atoms with Gasteiger partial charge in [-0.05, 0) is 44.4 Å². The zero-order valence-electron chi connectivity index (χ0n) is 15.6. The largest absolute Gasteiger partial charge is 0.455 e. The van der Waals surface area contributed by atoms with E-state index in [-0.39, 0.29) is 19.3 Å². The van der Waals surface area contributed by atoms with Crippen molar-refractivity contribution >= 4 is 5.97 Å². The van der Waals surface area contributed by atoms with Crippen molar-refractivity contribution in [1.29, 1.82) is 0 Å². The van der Waals surface area contributed by atoms with Gasteiger partial charge in [0.2, 0.25) is 0 Å². The lowest BCUT2D eigenvalue weighted by atomic mass is 9.79. The minimum atomic E-state index is -6.03. The highest BCUT2D eigenvalue weighted by atomic mass is 19.4. The summed E-state index contributed by atoms with van der Waals surface area (Å²) in [7, 11) is 0. The monoisotopic (exact) mass is 404 g/mol. The van der Waals surface area contributed by atoms with Crippen LogP contribution in [0, 0.1) is 11.8 Å². The first-order valence-electron chi connectivity index (χ1n) is 8.91. The number of aliphatic hydroxyl groups is 1. The first kappa shape index (κ1) is 23.8. The molecule has 1 rings (SSSR count). The summed E-state index contributed by atoms with van der Waals surface area (Å²) in [6.45, 7) is 5.31. The third-order valence-electron chi connectivity index (χ3n) is 4.85. The quantitative estimate of drug-likeness (QED) is 0.355. The zero-order valence-corrected chi connectivity index (χ0v) is 15.6. The van der Waals surface area contributed by atoms with Gasteiger partial charge in [-0.15, -0.1) is 0 Å².